The summed E-state index contributed by atoms with van der Waals surface area (Å²) in [6.07, 6.45) is 0. The molecule has 8 unspecified atom stereocenters. The third kappa shape index (κ3) is 15.2. The van der Waals surface area contributed by atoms with E-state index in [0.29, 0.717) is 83.7 Å². The zero-order valence-electron chi connectivity index (χ0n) is 71.0. The van der Waals surface area contributed by atoms with Crippen LogP contribution in [0.3, 0.4) is 0 Å². The fourth-order valence-corrected chi connectivity index (χ4v) is 18.3. The van der Waals surface area contributed by atoms with Crippen LogP contribution in [0.25, 0.3) is 110 Å². The number of benzene rings is 10. The number of hydrogen-bond acceptors (Lipinski definition) is 16. The highest BCUT2D eigenvalue weighted by Crippen LogP contribution is 2.51. The highest BCUT2D eigenvalue weighted by Gasteiger charge is 2.35. The fourth-order valence-electron chi connectivity index (χ4n) is 18.0. The number of carboxylic acids is 2. The number of carboxylic acid groups (broad SMARTS) is 2. The molecule has 120 heavy (non-hydrogen) atoms. The van der Waals surface area contributed by atoms with E-state index in [9.17, 15) is 34.5 Å². The second-order valence-corrected chi connectivity index (χ2v) is 33.2. The van der Waals surface area contributed by atoms with Crippen molar-refractivity contribution < 1.29 is 33.7 Å². The summed E-state index contributed by atoms with van der Waals surface area (Å²) in [5, 5.41) is 53.4. The van der Waals surface area contributed by atoms with Crippen LogP contribution in [0.4, 0.5) is 0 Å². The maximum absolute atomic E-state index is 14.5. The van der Waals surface area contributed by atoms with E-state index in [1.54, 1.807) is 67.6 Å². The first-order valence-corrected chi connectivity index (χ1v) is 41.4. The number of pyridine rings is 4. The molecular weight excluding hydrogens is 1510 g/mol. The molecule has 8 atom stereocenters. The van der Waals surface area contributed by atoms with Gasteiger partial charge in [0.2, 0.25) is 0 Å². The van der Waals surface area contributed by atoms with Gasteiger partial charge >= 0.3 is 11.9 Å². The van der Waals surface area contributed by atoms with Crippen LogP contribution in [0.15, 0.2) is 205 Å². The minimum atomic E-state index is -1.08. The lowest BCUT2D eigenvalue weighted by atomic mass is 9.85. The summed E-state index contributed by atoms with van der Waals surface area (Å²) >= 11 is 5.12. The molecule has 0 fully saturated rings. The van der Waals surface area contributed by atoms with Crippen LogP contribution < -0.4 is 32.1 Å². The van der Waals surface area contributed by atoms with Crippen LogP contribution in [0, 0.1) is 69.2 Å². The maximum Gasteiger partial charge on any atom is 0.336 e. The van der Waals surface area contributed by atoms with Crippen molar-refractivity contribution in [2.24, 2.45) is 0 Å². The number of aromatic carboxylic acids is 2. The number of phenolic OH excluding ortho intramolecular Hbond substituents is 1. The molecule has 4 aliphatic rings. The summed E-state index contributed by atoms with van der Waals surface area (Å²) < 4.78 is 14.1. The van der Waals surface area contributed by atoms with Crippen LogP contribution in [-0.4, -0.2) is 47.2 Å². The lowest BCUT2D eigenvalue weighted by Crippen LogP contribution is -2.29. The smallest absolute Gasteiger partial charge is 0.336 e. The number of rotatable bonds is 20. The Balaban J connectivity index is 0.000000187. The van der Waals surface area contributed by atoms with E-state index in [2.05, 4.69) is 156 Å². The second-order valence-electron chi connectivity index (χ2n) is 32.8. The average Bonchev–Trinajstić information content (AvgIpc) is 0.725. The lowest BCUT2D eigenvalue weighted by molar-refractivity contribution is 0.0687. The van der Waals surface area contributed by atoms with Gasteiger partial charge in [-0.05, 0) is 264 Å². The van der Waals surface area contributed by atoms with E-state index in [1.807, 2.05) is 104 Å². The Labute approximate surface area is 703 Å². The van der Waals surface area contributed by atoms with Crippen molar-refractivity contribution in [3.8, 4) is 50.7 Å². The molecular formula is C102H100N8O9S. The molecule has 6 heterocycles. The highest BCUT2D eigenvalue weighted by atomic mass is 32.1. The molecule has 0 bridgehead atoms. The van der Waals surface area contributed by atoms with Gasteiger partial charge in [0.05, 0.1) is 49.9 Å². The van der Waals surface area contributed by atoms with Gasteiger partial charge in [-0.25, -0.2) is 9.59 Å². The molecule has 0 amide bonds. The normalized spacial score (nSPS) is 13.9. The van der Waals surface area contributed by atoms with E-state index < -0.39 is 30.1 Å². The molecule has 18 heteroatoms. The van der Waals surface area contributed by atoms with Crippen molar-refractivity contribution in [1.29, 1.82) is 0 Å². The van der Waals surface area contributed by atoms with Gasteiger partial charge in [0.15, 0.2) is 10.9 Å². The lowest BCUT2D eigenvalue weighted by Gasteiger charge is -2.27. The third-order valence-corrected chi connectivity index (χ3v) is 24.8. The molecule has 0 spiro atoms. The molecule has 2 aliphatic heterocycles. The molecule has 12 aromatic rings. The number of aromatic hydroxyl groups is 1. The molecule has 17 nitrogen and oxygen atoms in total. The zero-order valence-corrected chi connectivity index (χ0v) is 71.9. The van der Waals surface area contributed by atoms with E-state index in [4.69, 9.17) is 41.4 Å². The number of nitrogens with one attached hydrogen (secondary N) is 4. The van der Waals surface area contributed by atoms with Crippen molar-refractivity contribution in [3.05, 3.63) is 314 Å². The summed E-state index contributed by atoms with van der Waals surface area (Å²) in [5.74, 6) is -1.42. The minimum absolute atomic E-state index is 0.00264. The molecule has 608 valence electrons. The molecule has 0 saturated carbocycles. The highest BCUT2D eigenvalue weighted by molar-refractivity contribution is 7.80. The Morgan fingerprint density at radius 1 is 0.342 bits per heavy atom. The summed E-state index contributed by atoms with van der Waals surface area (Å²) in [4.78, 5) is 74.8. The van der Waals surface area contributed by atoms with Gasteiger partial charge in [-0.3, -0.25) is 29.5 Å². The Morgan fingerprint density at radius 2 is 0.692 bits per heavy atom. The van der Waals surface area contributed by atoms with Gasteiger partial charge in [-0.15, -0.1) is 12.6 Å². The standard InChI is InChI=1S/C51H50N4O5.C51H50N4O4S/c1-25-14-18-36(46-34(25)20-16-28(4)52-46)30(6)54-32(8)43-42(56)23-22-40-45(38-12-10-11-13-39(38)51(58)59)41-24-27(3)48(57)44(50(41)60-49(40)43)33(9)55-31(7)37-19-15-26(2)35-21-17-29(5)53-47(35)37;1-25-14-18-36(46-34(25)20-16-28(4)52-46)30(6)54-32(8)43-42(56)23-22-40-45(38-12-10-11-13-39(38)51(57)58)41-24-27(3)50(60)44(49(41)59-48(40)43)33(9)55-31(7)37-19-15-26(2)35-21-17-29(5)53-47(35)37/h10-24,30-33,54-56H,1-9H3,(H,58,59);10-24,30-33,54-55,60H,1-9H3,(H,57,58). The van der Waals surface area contributed by atoms with Crippen molar-refractivity contribution in [3.63, 3.8) is 0 Å². The van der Waals surface area contributed by atoms with Gasteiger partial charge in [-0.2, -0.15) is 0 Å². The van der Waals surface area contributed by atoms with Crippen molar-refractivity contribution in [1.82, 2.24) is 41.2 Å². The van der Waals surface area contributed by atoms with Crippen LogP contribution in [0.1, 0.15) is 225 Å². The molecule has 0 radical (unpaired) electrons. The number of phenols is 1. The molecule has 2 aliphatic carbocycles. The van der Waals surface area contributed by atoms with E-state index in [-0.39, 0.29) is 57.9 Å². The summed E-state index contributed by atoms with van der Waals surface area (Å²) in [5.41, 5.74) is 23.9. The summed E-state index contributed by atoms with van der Waals surface area (Å²) in [7, 11) is 0. The second kappa shape index (κ2) is 33.1. The number of thiol groups is 1. The molecule has 7 N–H and O–H groups in total. The SMILES string of the molecule is Cc1ccc2c(C)ccc(C(C)NC(C)c3c4oc5c(C(C)NC(C)c6ccc(C)c7ccc(C)nc67)c(O)ccc5c(-c5ccccc5C(=O)O)c-4cc(C)c3=O)c2n1.Cc1ccc2c(C)ccc(C(C)NC(C)c3c4oc5c(C(C)NC(C)c6ccc(C)c7ccc(C)nc67)c(S)c(C)cc5c(-c5ccccc5C(=O)O)c-4ccc3=O)c2n1. The van der Waals surface area contributed by atoms with Crippen molar-refractivity contribution in [2.75, 3.05) is 0 Å². The van der Waals surface area contributed by atoms with Crippen LogP contribution in [0.2, 0.25) is 0 Å². The van der Waals surface area contributed by atoms with Gasteiger partial charge in [0, 0.05) is 136 Å². The number of carbonyl (C=O) groups is 2. The van der Waals surface area contributed by atoms with Gasteiger partial charge in [-0.1, -0.05) is 109 Å². The van der Waals surface area contributed by atoms with E-state index in [0.717, 1.165) is 132 Å². The Hall–Kier alpha value is -12.3. The van der Waals surface area contributed by atoms with Crippen LogP contribution in [0.5, 0.6) is 5.75 Å². The Bertz CT molecular complexity index is 6850. The predicted octanol–water partition coefficient (Wildman–Crippen LogP) is 23.4. The van der Waals surface area contributed by atoms with Gasteiger partial charge < -0.3 is 45.4 Å². The number of aryl methyl sites for hydroxylation is 10. The predicted molar refractivity (Wildman–Crippen MR) is 486 cm³/mol. The van der Waals surface area contributed by atoms with Crippen LogP contribution in [-0.2, 0) is 0 Å². The number of fused-ring (bicyclic) bond motifs is 8. The zero-order chi connectivity index (χ0) is 85.5. The topological polar surface area (TPSA) is 255 Å². The third-order valence-electron chi connectivity index (χ3n) is 24.2. The van der Waals surface area contributed by atoms with Crippen molar-refractivity contribution in [2.45, 2.75) is 178 Å². The maximum atomic E-state index is 14.5. The average molecular weight is 1610 g/mol. The Morgan fingerprint density at radius 3 is 1.10 bits per heavy atom. The van der Waals surface area contributed by atoms with E-state index in [1.165, 1.54) is 0 Å². The molecule has 4 aromatic heterocycles. The first kappa shape index (κ1) is 82.8. The monoisotopic (exact) mass is 1610 g/mol. The summed E-state index contributed by atoms with van der Waals surface area (Å²) in [6, 6.07) is 55.3. The minimum Gasteiger partial charge on any atom is -0.507 e. The first-order valence-electron chi connectivity index (χ1n) is 41.0. The fraction of sp³-hybridized carbons (Fsp3) is 0.255. The van der Waals surface area contributed by atoms with Crippen LogP contribution >= 0.6 is 12.6 Å². The molecule has 8 aromatic carbocycles. The largest absolute Gasteiger partial charge is 0.507 e. The molecule has 16 rings (SSSR count). The first-order chi connectivity index (χ1) is 57.3. The summed E-state index contributed by atoms with van der Waals surface area (Å²) in [6.45, 7) is 36.4. The quantitative estimate of drug-likeness (QED) is 0.0261. The number of aromatic nitrogens is 4. The van der Waals surface area contributed by atoms with Crippen molar-refractivity contribution >= 4 is 90.1 Å². The number of nitrogens with zero attached hydrogens (tertiary/aromatic N) is 4. The molecule has 0 saturated heterocycles. The van der Waals surface area contributed by atoms with E-state index >= 15 is 0 Å². The van der Waals surface area contributed by atoms with Gasteiger partial charge in [0.1, 0.15) is 28.4 Å². The number of hydrogen-bond donors (Lipinski definition) is 8. The van der Waals surface area contributed by atoms with Gasteiger partial charge in [0.25, 0.3) is 0 Å². The Kier molecular flexibility index (Phi) is 22.9.